The number of halogens is 1. The van der Waals surface area contributed by atoms with Crippen LogP contribution < -0.4 is 10.6 Å². The molecule has 0 saturated heterocycles. The van der Waals surface area contributed by atoms with Gasteiger partial charge in [0.1, 0.15) is 11.6 Å². The standard InChI is InChI=1S/C22H22FN3O2/c1-15-19(22(28)25-11-12-27)3-2-4-20(15)26-21-14-17(9-10-24-21)13-16-5-7-18(23)8-6-16/h2-10,14,27H,11-13H2,1H3,(H,24,26)(H,25,28). The fourth-order valence-corrected chi connectivity index (χ4v) is 2.91. The number of aliphatic hydroxyl groups excluding tert-OH is 1. The summed E-state index contributed by atoms with van der Waals surface area (Å²) in [7, 11) is 0. The molecule has 0 radical (unpaired) electrons. The molecule has 1 heterocycles. The Kier molecular flexibility index (Phi) is 6.34. The molecule has 3 N–H and O–H groups in total. The lowest BCUT2D eigenvalue weighted by Crippen LogP contribution is -2.27. The van der Waals surface area contributed by atoms with Crippen molar-refractivity contribution in [2.75, 3.05) is 18.5 Å². The molecular formula is C22H22FN3O2. The lowest BCUT2D eigenvalue weighted by atomic mass is 10.0. The highest BCUT2D eigenvalue weighted by atomic mass is 19.1. The van der Waals surface area contributed by atoms with Crippen molar-refractivity contribution in [1.29, 1.82) is 0 Å². The number of aromatic nitrogens is 1. The van der Waals surface area contributed by atoms with Crippen molar-refractivity contribution in [1.82, 2.24) is 10.3 Å². The SMILES string of the molecule is Cc1c(Nc2cc(Cc3ccc(F)cc3)ccn2)cccc1C(=O)NCCO. The number of amides is 1. The van der Waals surface area contributed by atoms with E-state index in [1.54, 1.807) is 30.5 Å². The van der Waals surface area contributed by atoms with Crippen LogP contribution in [0.2, 0.25) is 0 Å². The van der Waals surface area contributed by atoms with Gasteiger partial charge in [0, 0.05) is 24.0 Å². The molecule has 0 saturated carbocycles. The first-order valence-corrected chi connectivity index (χ1v) is 9.02. The number of rotatable bonds is 7. The summed E-state index contributed by atoms with van der Waals surface area (Å²) in [6.07, 6.45) is 2.38. The van der Waals surface area contributed by atoms with Gasteiger partial charge in [-0.1, -0.05) is 18.2 Å². The van der Waals surface area contributed by atoms with Crippen molar-refractivity contribution in [2.24, 2.45) is 0 Å². The highest BCUT2D eigenvalue weighted by Gasteiger charge is 2.11. The van der Waals surface area contributed by atoms with Gasteiger partial charge in [0.25, 0.3) is 5.91 Å². The van der Waals surface area contributed by atoms with Crippen molar-refractivity contribution in [3.8, 4) is 0 Å². The Bertz CT molecular complexity index is 958. The maximum atomic E-state index is 13.1. The molecular weight excluding hydrogens is 357 g/mol. The number of benzene rings is 2. The minimum absolute atomic E-state index is 0.104. The molecule has 3 aromatic rings. The molecule has 144 valence electrons. The second-order valence-electron chi connectivity index (χ2n) is 6.44. The summed E-state index contributed by atoms with van der Waals surface area (Å²) in [5.74, 6) is 0.183. The number of hydrogen-bond acceptors (Lipinski definition) is 4. The number of carbonyl (C=O) groups excluding carboxylic acids is 1. The van der Waals surface area contributed by atoms with Crippen LogP contribution >= 0.6 is 0 Å². The zero-order valence-electron chi connectivity index (χ0n) is 15.6. The molecule has 0 aliphatic carbocycles. The average Bonchev–Trinajstić information content (AvgIpc) is 2.70. The van der Waals surface area contributed by atoms with Crippen LogP contribution in [0.3, 0.4) is 0 Å². The van der Waals surface area contributed by atoms with Crippen LogP contribution in [-0.2, 0) is 6.42 Å². The summed E-state index contributed by atoms with van der Waals surface area (Å²) in [5, 5.41) is 14.8. The highest BCUT2D eigenvalue weighted by molar-refractivity contribution is 5.97. The van der Waals surface area contributed by atoms with Crippen molar-refractivity contribution >= 4 is 17.4 Å². The van der Waals surface area contributed by atoms with E-state index >= 15 is 0 Å². The van der Waals surface area contributed by atoms with E-state index in [0.29, 0.717) is 17.8 Å². The van der Waals surface area contributed by atoms with Gasteiger partial charge in [-0.25, -0.2) is 9.37 Å². The Morgan fingerprint density at radius 1 is 1.11 bits per heavy atom. The highest BCUT2D eigenvalue weighted by Crippen LogP contribution is 2.23. The number of pyridine rings is 1. The molecule has 1 aromatic heterocycles. The Labute approximate surface area is 163 Å². The maximum absolute atomic E-state index is 13.1. The predicted octanol–water partition coefficient (Wildman–Crippen LogP) is 3.59. The van der Waals surface area contributed by atoms with Gasteiger partial charge < -0.3 is 15.7 Å². The molecule has 0 fully saturated rings. The van der Waals surface area contributed by atoms with Gasteiger partial charge in [0.05, 0.1) is 6.61 Å². The van der Waals surface area contributed by atoms with Gasteiger partial charge in [0.15, 0.2) is 0 Å². The summed E-state index contributed by atoms with van der Waals surface area (Å²) >= 11 is 0. The van der Waals surface area contributed by atoms with E-state index < -0.39 is 0 Å². The quantitative estimate of drug-likeness (QED) is 0.587. The summed E-state index contributed by atoms with van der Waals surface area (Å²) in [6.45, 7) is 1.97. The monoisotopic (exact) mass is 379 g/mol. The average molecular weight is 379 g/mol. The molecule has 1 amide bonds. The van der Waals surface area contributed by atoms with Gasteiger partial charge in [-0.3, -0.25) is 4.79 Å². The van der Waals surface area contributed by atoms with Crippen molar-refractivity contribution < 1.29 is 14.3 Å². The predicted molar refractivity (Wildman–Crippen MR) is 107 cm³/mol. The fourth-order valence-electron chi connectivity index (χ4n) is 2.91. The zero-order valence-corrected chi connectivity index (χ0v) is 15.6. The molecule has 0 bridgehead atoms. The third-order valence-corrected chi connectivity index (χ3v) is 4.38. The normalized spacial score (nSPS) is 10.5. The van der Waals surface area contributed by atoms with E-state index in [1.165, 1.54) is 12.1 Å². The molecule has 0 spiro atoms. The summed E-state index contributed by atoms with van der Waals surface area (Å²) in [5.41, 5.74) is 4.17. The minimum Gasteiger partial charge on any atom is -0.395 e. The number of anilines is 2. The van der Waals surface area contributed by atoms with Crippen molar-refractivity contribution in [3.05, 3.63) is 88.9 Å². The maximum Gasteiger partial charge on any atom is 0.251 e. The number of aliphatic hydroxyl groups is 1. The van der Waals surface area contributed by atoms with E-state index in [2.05, 4.69) is 15.6 Å². The molecule has 0 unspecified atom stereocenters. The van der Waals surface area contributed by atoms with Crippen LogP contribution in [0.4, 0.5) is 15.9 Å². The number of hydrogen-bond donors (Lipinski definition) is 3. The lowest BCUT2D eigenvalue weighted by molar-refractivity contribution is 0.0944. The molecule has 6 heteroatoms. The van der Waals surface area contributed by atoms with Gasteiger partial charge >= 0.3 is 0 Å². The summed E-state index contributed by atoms with van der Waals surface area (Å²) in [4.78, 5) is 16.6. The molecule has 0 aliphatic heterocycles. The number of nitrogens with zero attached hydrogens (tertiary/aromatic N) is 1. The first-order chi connectivity index (χ1) is 13.6. The fraction of sp³-hybridized carbons (Fsp3) is 0.182. The van der Waals surface area contributed by atoms with Crippen LogP contribution in [0.1, 0.15) is 27.0 Å². The topological polar surface area (TPSA) is 74.2 Å². The van der Waals surface area contributed by atoms with Crippen LogP contribution in [-0.4, -0.2) is 29.1 Å². The number of nitrogens with one attached hydrogen (secondary N) is 2. The lowest BCUT2D eigenvalue weighted by Gasteiger charge is -2.13. The van der Waals surface area contributed by atoms with Crippen molar-refractivity contribution in [3.63, 3.8) is 0 Å². The second kappa shape index (κ2) is 9.10. The Balaban J connectivity index is 1.77. The Morgan fingerprint density at radius 3 is 2.64 bits per heavy atom. The summed E-state index contributed by atoms with van der Waals surface area (Å²) in [6, 6.07) is 15.7. The van der Waals surface area contributed by atoms with Crippen molar-refractivity contribution in [2.45, 2.75) is 13.3 Å². The first kappa shape index (κ1) is 19.5. The van der Waals surface area contributed by atoms with E-state index in [0.717, 1.165) is 22.4 Å². The molecule has 2 aromatic carbocycles. The molecule has 0 atom stereocenters. The second-order valence-corrected chi connectivity index (χ2v) is 6.44. The van der Waals surface area contributed by atoms with E-state index in [1.807, 2.05) is 25.1 Å². The van der Waals surface area contributed by atoms with Crippen LogP contribution in [0, 0.1) is 12.7 Å². The Morgan fingerprint density at radius 2 is 1.89 bits per heavy atom. The number of carbonyl (C=O) groups is 1. The van der Waals surface area contributed by atoms with Gasteiger partial charge in [-0.15, -0.1) is 0 Å². The molecule has 5 nitrogen and oxygen atoms in total. The third kappa shape index (κ3) is 4.92. The minimum atomic E-state index is -0.251. The van der Waals surface area contributed by atoms with Gasteiger partial charge in [-0.05, 0) is 66.4 Å². The Hall–Kier alpha value is -3.25. The van der Waals surface area contributed by atoms with Crippen LogP contribution in [0.25, 0.3) is 0 Å². The van der Waals surface area contributed by atoms with E-state index in [4.69, 9.17) is 5.11 Å². The molecule has 28 heavy (non-hydrogen) atoms. The third-order valence-electron chi connectivity index (χ3n) is 4.38. The summed E-state index contributed by atoms with van der Waals surface area (Å²) < 4.78 is 13.1. The van der Waals surface area contributed by atoms with Crippen LogP contribution in [0.15, 0.2) is 60.8 Å². The first-order valence-electron chi connectivity index (χ1n) is 9.02. The molecule has 3 rings (SSSR count). The van der Waals surface area contributed by atoms with E-state index in [-0.39, 0.29) is 24.9 Å². The van der Waals surface area contributed by atoms with Crippen LogP contribution in [0.5, 0.6) is 0 Å². The molecule has 0 aliphatic rings. The van der Waals surface area contributed by atoms with E-state index in [9.17, 15) is 9.18 Å². The zero-order chi connectivity index (χ0) is 19.9. The largest absolute Gasteiger partial charge is 0.395 e. The smallest absolute Gasteiger partial charge is 0.251 e. The van der Waals surface area contributed by atoms with Gasteiger partial charge in [0.2, 0.25) is 0 Å². The van der Waals surface area contributed by atoms with Gasteiger partial charge in [-0.2, -0.15) is 0 Å².